The third-order valence-electron chi connectivity index (χ3n) is 4.91. The van der Waals surface area contributed by atoms with Crippen LogP contribution in [0, 0.1) is 0 Å². The van der Waals surface area contributed by atoms with E-state index in [1.165, 1.54) is 7.11 Å². The van der Waals surface area contributed by atoms with Gasteiger partial charge in [-0.15, -0.1) is 0 Å². The molecule has 7 nitrogen and oxygen atoms in total. The quantitative estimate of drug-likeness (QED) is 0.805. The van der Waals surface area contributed by atoms with Crippen molar-refractivity contribution < 1.29 is 28.5 Å². The summed E-state index contributed by atoms with van der Waals surface area (Å²) in [5.41, 5.74) is 2.44. The summed E-state index contributed by atoms with van der Waals surface area (Å²) in [5, 5.41) is 2.95. The van der Waals surface area contributed by atoms with Gasteiger partial charge in [-0.1, -0.05) is 0 Å². The monoisotopic (exact) mass is 399 g/mol. The number of amides is 1. The fourth-order valence-electron chi connectivity index (χ4n) is 3.59. The highest BCUT2D eigenvalue weighted by molar-refractivity contribution is 5.95. The summed E-state index contributed by atoms with van der Waals surface area (Å²) in [6, 6.07) is 7.29. The smallest absolute Gasteiger partial charge is 0.251 e. The molecule has 1 amide bonds. The highest BCUT2D eigenvalue weighted by atomic mass is 16.6. The molecule has 154 valence electrons. The van der Waals surface area contributed by atoms with E-state index in [0.717, 1.165) is 29.0 Å². The Bertz CT molecular complexity index is 909. The van der Waals surface area contributed by atoms with Gasteiger partial charge in [0.25, 0.3) is 5.91 Å². The number of benzene rings is 2. The van der Waals surface area contributed by atoms with Crippen molar-refractivity contribution in [2.45, 2.75) is 32.9 Å². The predicted molar refractivity (Wildman–Crippen MR) is 107 cm³/mol. The largest absolute Gasteiger partial charge is 0.494 e. The molecule has 2 heterocycles. The minimum atomic E-state index is -0.238. The van der Waals surface area contributed by atoms with E-state index in [9.17, 15) is 4.79 Å². The Morgan fingerprint density at radius 1 is 1.14 bits per heavy atom. The first-order valence-electron chi connectivity index (χ1n) is 9.80. The number of nitrogens with one attached hydrogen (secondary N) is 1. The number of fused-ring (bicyclic) bond motifs is 2. The van der Waals surface area contributed by atoms with Gasteiger partial charge in [0.2, 0.25) is 5.75 Å². The van der Waals surface area contributed by atoms with Gasteiger partial charge in [-0.3, -0.25) is 4.79 Å². The lowest BCUT2D eigenvalue weighted by atomic mass is 10.1. The maximum Gasteiger partial charge on any atom is 0.251 e. The molecule has 0 saturated carbocycles. The van der Waals surface area contributed by atoms with Crippen molar-refractivity contribution in [2.24, 2.45) is 0 Å². The molecule has 0 unspecified atom stereocenters. The lowest BCUT2D eigenvalue weighted by molar-refractivity contribution is 0.0948. The number of carbonyl (C=O) groups excluding carboxylic acids is 1. The van der Waals surface area contributed by atoms with E-state index in [1.54, 1.807) is 12.1 Å². The molecule has 0 saturated heterocycles. The molecule has 0 aromatic heterocycles. The van der Waals surface area contributed by atoms with Crippen molar-refractivity contribution in [1.82, 2.24) is 5.32 Å². The van der Waals surface area contributed by atoms with Gasteiger partial charge in [-0.05, 0) is 38.1 Å². The molecule has 0 bridgehead atoms. The highest BCUT2D eigenvalue weighted by Crippen LogP contribution is 2.40. The zero-order valence-corrected chi connectivity index (χ0v) is 16.9. The van der Waals surface area contributed by atoms with E-state index in [-0.39, 0.29) is 12.0 Å². The second-order valence-corrected chi connectivity index (χ2v) is 7.02. The van der Waals surface area contributed by atoms with Crippen LogP contribution < -0.4 is 29.0 Å². The lowest BCUT2D eigenvalue weighted by Crippen LogP contribution is -2.24. The molecule has 2 aliphatic rings. The van der Waals surface area contributed by atoms with Crippen LogP contribution in [0.2, 0.25) is 0 Å². The summed E-state index contributed by atoms with van der Waals surface area (Å²) >= 11 is 0. The first-order chi connectivity index (χ1) is 14.1. The van der Waals surface area contributed by atoms with Crippen molar-refractivity contribution >= 4 is 5.91 Å². The Morgan fingerprint density at radius 2 is 1.97 bits per heavy atom. The van der Waals surface area contributed by atoms with Crippen LogP contribution in [0.3, 0.4) is 0 Å². The normalized spacial score (nSPS) is 16.6. The number of hydrogen-bond acceptors (Lipinski definition) is 6. The van der Waals surface area contributed by atoms with Crippen LogP contribution in [0.4, 0.5) is 0 Å². The molecule has 2 aromatic rings. The molecular weight excluding hydrogens is 374 g/mol. The van der Waals surface area contributed by atoms with Gasteiger partial charge in [0.1, 0.15) is 30.8 Å². The van der Waals surface area contributed by atoms with Crippen LogP contribution in [0.25, 0.3) is 0 Å². The SMILES string of the molecule is CCOc1cc2c(cc1CNC(=O)c1cc(OC)c3c(c1)OCCO3)O[C@H](C)C2. The van der Waals surface area contributed by atoms with Crippen molar-refractivity contribution in [1.29, 1.82) is 0 Å². The molecule has 29 heavy (non-hydrogen) atoms. The third kappa shape index (κ3) is 3.90. The van der Waals surface area contributed by atoms with Crippen LogP contribution in [-0.4, -0.2) is 38.9 Å². The van der Waals surface area contributed by atoms with E-state index in [0.29, 0.717) is 49.2 Å². The third-order valence-corrected chi connectivity index (χ3v) is 4.91. The molecule has 0 radical (unpaired) electrons. The van der Waals surface area contributed by atoms with Gasteiger partial charge < -0.3 is 29.0 Å². The molecule has 2 aliphatic heterocycles. The molecule has 1 atom stereocenters. The number of rotatable bonds is 6. The van der Waals surface area contributed by atoms with Crippen molar-refractivity contribution in [3.8, 4) is 28.7 Å². The van der Waals surface area contributed by atoms with E-state index >= 15 is 0 Å². The highest BCUT2D eigenvalue weighted by Gasteiger charge is 2.23. The topological polar surface area (TPSA) is 75.3 Å². The molecule has 1 N–H and O–H groups in total. The summed E-state index contributed by atoms with van der Waals surface area (Å²) in [5.74, 6) is 2.89. The van der Waals surface area contributed by atoms with Gasteiger partial charge in [0.15, 0.2) is 11.5 Å². The van der Waals surface area contributed by atoms with Crippen molar-refractivity contribution in [2.75, 3.05) is 26.9 Å². The molecule has 0 aliphatic carbocycles. The minimum absolute atomic E-state index is 0.148. The summed E-state index contributed by atoms with van der Waals surface area (Å²) in [7, 11) is 1.54. The Hall–Kier alpha value is -3.09. The first kappa shape index (κ1) is 19.2. The summed E-state index contributed by atoms with van der Waals surface area (Å²) in [4.78, 5) is 12.8. The van der Waals surface area contributed by atoms with Gasteiger partial charge in [0.05, 0.1) is 13.7 Å². The van der Waals surface area contributed by atoms with Crippen LogP contribution in [0.15, 0.2) is 24.3 Å². The van der Waals surface area contributed by atoms with Crippen molar-refractivity contribution in [3.63, 3.8) is 0 Å². The van der Waals surface area contributed by atoms with E-state index in [4.69, 9.17) is 23.7 Å². The maximum atomic E-state index is 12.8. The second kappa shape index (κ2) is 8.11. The Morgan fingerprint density at radius 3 is 2.76 bits per heavy atom. The van der Waals surface area contributed by atoms with Crippen LogP contribution >= 0.6 is 0 Å². The van der Waals surface area contributed by atoms with Crippen LogP contribution in [-0.2, 0) is 13.0 Å². The van der Waals surface area contributed by atoms with Crippen LogP contribution in [0.1, 0.15) is 35.3 Å². The fourth-order valence-corrected chi connectivity index (χ4v) is 3.59. The number of ether oxygens (including phenoxy) is 5. The zero-order valence-electron chi connectivity index (χ0n) is 16.9. The Kier molecular flexibility index (Phi) is 5.38. The molecule has 2 aromatic carbocycles. The minimum Gasteiger partial charge on any atom is -0.494 e. The number of methoxy groups -OCH3 is 1. The van der Waals surface area contributed by atoms with E-state index in [1.807, 2.05) is 26.0 Å². The Balaban J connectivity index is 1.54. The fraction of sp³-hybridized carbons (Fsp3) is 0.409. The van der Waals surface area contributed by atoms with Gasteiger partial charge in [-0.2, -0.15) is 0 Å². The first-order valence-corrected chi connectivity index (χ1v) is 9.80. The summed E-state index contributed by atoms with van der Waals surface area (Å²) in [6.07, 6.45) is 1.01. The molecule has 7 heteroatoms. The van der Waals surface area contributed by atoms with Gasteiger partial charge >= 0.3 is 0 Å². The summed E-state index contributed by atoms with van der Waals surface area (Å²) in [6.45, 7) is 5.74. The summed E-state index contributed by atoms with van der Waals surface area (Å²) < 4.78 is 28.2. The molecule has 0 fully saturated rings. The van der Waals surface area contributed by atoms with Crippen LogP contribution in [0.5, 0.6) is 28.7 Å². The standard InChI is InChI=1S/C22H25NO6/c1-4-26-17-8-14-7-13(2)29-18(14)11-16(17)12-23-22(24)15-9-19(25-3)21-20(10-15)27-5-6-28-21/h8-11,13H,4-7,12H2,1-3H3,(H,23,24)/t13-/m1/s1. The maximum absolute atomic E-state index is 12.8. The Labute approximate surface area is 169 Å². The zero-order chi connectivity index (χ0) is 20.4. The average Bonchev–Trinajstić information content (AvgIpc) is 3.09. The molecular formula is C22H25NO6. The predicted octanol–water partition coefficient (Wildman–Crippen LogP) is 3.12. The lowest BCUT2D eigenvalue weighted by Gasteiger charge is -2.21. The average molecular weight is 399 g/mol. The number of hydrogen-bond donors (Lipinski definition) is 1. The number of carbonyl (C=O) groups is 1. The van der Waals surface area contributed by atoms with Gasteiger partial charge in [-0.25, -0.2) is 0 Å². The van der Waals surface area contributed by atoms with Crippen molar-refractivity contribution in [3.05, 3.63) is 41.0 Å². The van der Waals surface area contributed by atoms with E-state index < -0.39 is 0 Å². The van der Waals surface area contributed by atoms with E-state index in [2.05, 4.69) is 5.32 Å². The molecule has 0 spiro atoms. The molecule has 4 rings (SSSR count). The van der Waals surface area contributed by atoms with Gasteiger partial charge in [0, 0.05) is 29.7 Å². The second-order valence-electron chi connectivity index (χ2n) is 7.02.